The van der Waals surface area contributed by atoms with Crippen LogP contribution >= 0.6 is 11.6 Å². The summed E-state index contributed by atoms with van der Waals surface area (Å²) in [5.74, 6) is -0.334. The minimum atomic E-state index is -0.396. The van der Waals surface area contributed by atoms with Crippen molar-refractivity contribution in [3.05, 3.63) is 82.9 Å². The van der Waals surface area contributed by atoms with E-state index >= 15 is 0 Å². The number of rotatable bonds is 7. The SMILES string of the molecule is Cc1ccc(C(=O)Nc2ccc(NC(C=O)Cc3ccccn3)cc2)c(Cl)n1. The molecule has 142 valence electrons. The number of carbonyl (C=O) groups is 2. The van der Waals surface area contributed by atoms with Gasteiger partial charge in [-0.3, -0.25) is 9.78 Å². The minimum Gasteiger partial charge on any atom is -0.375 e. The van der Waals surface area contributed by atoms with Crippen LogP contribution in [0.1, 0.15) is 21.7 Å². The number of amides is 1. The summed E-state index contributed by atoms with van der Waals surface area (Å²) >= 11 is 6.04. The average Bonchev–Trinajstić information content (AvgIpc) is 2.69. The zero-order valence-corrected chi connectivity index (χ0v) is 16.0. The molecule has 0 bridgehead atoms. The fourth-order valence-electron chi connectivity index (χ4n) is 2.63. The van der Waals surface area contributed by atoms with E-state index in [-0.39, 0.29) is 11.1 Å². The number of halogens is 1. The van der Waals surface area contributed by atoms with Crippen molar-refractivity contribution < 1.29 is 9.59 Å². The first kappa shape index (κ1) is 19.5. The van der Waals surface area contributed by atoms with Crippen molar-refractivity contribution >= 4 is 35.2 Å². The number of nitrogens with zero attached hydrogens (tertiary/aromatic N) is 2. The number of nitrogens with one attached hydrogen (secondary N) is 2. The first-order chi connectivity index (χ1) is 13.5. The van der Waals surface area contributed by atoms with Crippen LogP contribution in [0, 0.1) is 6.92 Å². The second-order valence-corrected chi connectivity index (χ2v) is 6.59. The molecule has 7 heteroatoms. The Hall–Kier alpha value is -3.25. The molecule has 0 aliphatic rings. The maximum Gasteiger partial charge on any atom is 0.258 e. The van der Waals surface area contributed by atoms with E-state index in [1.807, 2.05) is 18.2 Å². The summed E-state index contributed by atoms with van der Waals surface area (Å²) in [4.78, 5) is 32.0. The largest absolute Gasteiger partial charge is 0.375 e. The van der Waals surface area contributed by atoms with Gasteiger partial charge in [0.15, 0.2) is 0 Å². The second kappa shape index (κ2) is 9.10. The molecule has 2 N–H and O–H groups in total. The highest BCUT2D eigenvalue weighted by Crippen LogP contribution is 2.18. The Balaban J connectivity index is 1.62. The third-order valence-corrected chi connectivity index (χ3v) is 4.34. The summed E-state index contributed by atoms with van der Waals surface area (Å²) in [5.41, 5.74) is 3.26. The molecule has 0 aliphatic carbocycles. The van der Waals surface area contributed by atoms with Crippen molar-refractivity contribution in [2.45, 2.75) is 19.4 Å². The van der Waals surface area contributed by atoms with Crippen LogP contribution in [-0.4, -0.2) is 28.2 Å². The molecular weight excluding hydrogens is 376 g/mol. The van der Waals surface area contributed by atoms with E-state index in [0.717, 1.165) is 23.4 Å². The number of aldehydes is 1. The number of hydrogen-bond donors (Lipinski definition) is 2. The van der Waals surface area contributed by atoms with Crippen molar-refractivity contribution in [2.75, 3.05) is 10.6 Å². The van der Waals surface area contributed by atoms with Crippen LogP contribution in [-0.2, 0) is 11.2 Å². The zero-order chi connectivity index (χ0) is 19.9. The number of hydrogen-bond acceptors (Lipinski definition) is 5. The van der Waals surface area contributed by atoms with Crippen molar-refractivity contribution in [1.29, 1.82) is 0 Å². The zero-order valence-electron chi connectivity index (χ0n) is 15.2. The molecule has 3 rings (SSSR count). The lowest BCUT2D eigenvalue weighted by molar-refractivity contribution is -0.108. The maximum atomic E-state index is 12.4. The standard InChI is InChI=1S/C21H19ClN4O2/c1-14-5-10-19(20(22)24-14)21(28)26-16-8-6-15(7-9-16)25-18(13-27)12-17-4-2-3-11-23-17/h2-11,13,18,25H,12H2,1H3,(H,26,28). The van der Waals surface area contributed by atoms with Crippen molar-refractivity contribution in [3.8, 4) is 0 Å². The first-order valence-corrected chi connectivity index (χ1v) is 9.09. The van der Waals surface area contributed by atoms with Gasteiger partial charge in [-0.05, 0) is 55.5 Å². The maximum absolute atomic E-state index is 12.4. The summed E-state index contributed by atoms with van der Waals surface area (Å²) in [6.07, 6.45) is 3.04. The second-order valence-electron chi connectivity index (χ2n) is 6.23. The molecule has 0 aliphatic heterocycles. The molecule has 0 spiro atoms. The van der Waals surface area contributed by atoms with Crippen LogP contribution in [0.4, 0.5) is 11.4 Å². The lowest BCUT2D eigenvalue weighted by atomic mass is 10.1. The van der Waals surface area contributed by atoms with Gasteiger partial charge in [0.25, 0.3) is 5.91 Å². The number of benzene rings is 1. The molecule has 1 unspecified atom stereocenters. The van der Waals surface area contributed by atoms with E-state index in [2.05, 4.69) is 20.6 Å². The summed E-state index contributed by atoms with van der Waals surface area (Å²) in [5, 5.41) is 6.10. The van der Waals surface area contributed by atoms with E-state index in [1.165, 1.54) is 0 Å². The van der Waals surface area contributed by atoms with E-state index < -0.39 is 6.04 Å². The molecule has 6 nitrogen and oxygen atoms in total. The van der Waals surface area contributed by atoms with Gasteiger partial charge in [-0.15, -0.1) is 0 Å². The Bertz CT molecular complexity index is 962. The van der Waals surface area contributed by atoms with Gasteiger partial charge in [0.1, 0.15) is 11.4 Å². The lowest BCUT2D eigenvalue weighted by Gasteiger charge is -2.14. The Morgan fingerprint density at radius 1 is 1.11 bits per heavy atom. The molecule has 1 aromatic carbocycles. The van der Waals surface area contributed by atoms with Crippen LogP contribution in [0.3, 0.4) is 0 Å². The van der Waals surface area contributed by atoms with Gasteiger partial charge in [0, 0.05) is 35.4 Å². The molecule has 1 atom stereocenters. The van der Waals surface area contributed by atoms with Crippen LogP contribution < -0.4 is 10.6 Å². The molecule has 2 heterocycles. The Morgan fingerprint density at radius 2 is 1.86 bits per heavy atom. The van der Waals surface area contributed by atoms with Gasteiger partial charge in [-0.25, -0.2) is 4.98 Å². The summed E-state index contributed by atoms with van der Waals surface area (Å²) in [6, 6.07) is 15.7. The third-order valence-electron chi connectivity index (χ3n) is 4.05. The normalized spacial score (nSPS) is 11.5. The third kappa shape index (κ3) is 5.14. The van der Waals surface area contributed by atoms with Crippen LogP contribution in [0.15, 0.2) is 60.8 Å². The molecule has 28 heavy (non-hydrogen) atoms. The van der Waals surface area contributed by atoms with E-state index in [9.17, 15) is 9.59 Å². The van der Waals surface area contributed by atoms with Gasteiger partial charge >= 0.3 is 0 Å². The highest BCUT2D eigenvalue weighted by atomic mass is 35.5. The molecule has 0 saturated heterocycles. The molecule has 3 aromatic rings. The predicted molar refractivity (Wildman–Crippen MR) is 110 cm³/mol. The van der Waals surface area contributed by atoms with Crippen molar-refractivity contribution in [2.24, 2.45) is 0 Å². The van der Waals surface area contributed by atoms with Gasteiger partial charge < -0.3 is 15.4 Å². The molecule has 1 amide bonds. The van der Waals surface area contributed by atoms with E-state index in [0.29, 0.717) is 17.7 Å². The topological polar surface area (TPSA) is 84.0 Å². The van der Waals surface area contributed by atoms with Crippen molar-refractivity contribution in [3.63, 3.8) is 0 Å². The smallest absolute Gasteiger partial charge is 0.258 e. The van der Waals surface area contributed by atoms with E-state index in [1.54, 1.807) is 49.5 Å². The molecular formula is C21H19ClN4O2. The summed E-state index contributed by atoms with van der Waals surface area (Å²) < 4.78 is 0. The van der Waals surface area contributed by atoms with Gasteiger partial charge in [-0.1, -0.05) is 17.7 Å². The summed E-state index contributed by atoms with van der Waals surface area (Å²) in [6.45, 7) is 1.81. The number of pyridine rings is 2. The fourth-order valence-corrected chi connectivity index (χ4v) is 2.92. The Labute approximate surface area is 168 Å². The predicted octanol–water partition coefficient (Wildman–Crippen LogP) is 3.91. The van der Waals surface area contributed by atoms with Gasteiger partial charge in [-0.2, -0.15) is 0 Å². The highest BCUT2D eigenvalue weighted by Gasteiger charge is 2.12. The minimum absolute atomic E-state index is 0.166. The van der Waals surface area contributed by atoms with Crippen molar-refractivity contribution in [1.82, 2.24) is 9.97 Å². The number of aromatic nitrogens is 2. The fraction of sp³-hybridized carbons (Fsp3) is 0.143. The molecule has 2 aromatic heterocycles. The van der Waals surface area contributed by atoms with E-state index in [4.69, 9.17) is 11.6 Å². The number of anilines is 2. The molecule has 0 saturated carbocycles. The van der Waals surface area contributed by atoms with Crippen LogP contribution in [0.2, 0.25) is 5.15 Å². The number of carbonyl (C=O) groups excluding carboxylic acids is 2. The molecule has 0 radical (unpaired) electrons. The Kier molecular flexibility index (Phi) is 6.34. The summed E-state index contributed by atoms with van der Waals surface area (Å²) in [7, 11) is 0. The quantitative estimate of drug-likeness (QED) is 0.468. The average molecular weight is 395 g/mol. The van der Waals surface area contributed by atoms with Crippen LogP contribution in [0.5, 0.6) is 0 Å². The van der Waals surface area contributed by atoms with Gasteiger partial charge in [0.05, 0.1) is 11.6 Å². The lowest BCUT2D eigenvalue weighted by Crippen LogP contribution is -2.24. The highest BCUT2D eigenvalue weighted by molar-refractivity contribution is 6.33. The van der Waals surface area contributed by atoms with Gasteiger partial charge in [0.2, 0.25) is 0 Å². The monoisotopic (exact) mass is 394 g/mol. The Morgan fingerprint density at radius 3 is 2.50 bits per heavy atom. The van der Waals surface area contributed by atoms with Crippen LogP contribution in [0.25, 0.3) is 0 Å². The first-order valence-electron chi connectivity index (χ1n) is 8.71. The molecule has 0 fully saturated rings. The number of aryl methyl sites for hydroxylation is 1.